The van der Waals surface area contributed by atoms with Crippen LogP contribution in [0.3, 0.4) is 0 Å². The van der Waals surface area contributed by atoms with E-state index in [4.69, 9.17) is 0 Å². The lowest BCUT2D eigenvalue weighted by Crippen LogP contribution is -2.75. The molecule has 0 bridgehead atoms. The van der Waals surface area contributed by atoms with Gasteiger partial charge in [-0.25, -0.2) is 0 Å². The van der Waals surface area contributed by atoms with Gasteiger partial charge < -0.3 is 0 Å². The topological polar surface area (TPSA) is 0 Å². The normalized spacial score (nSPS) is 16.8. The molecule has 0 aliphatic rings. The summed E-state index contributed by atoms with van der Waals surface area (Å²) in [6.07, 6.45) is -7.92. The molecular weight excluding hydrogens is 520 g/mol. The lowest BCUT2D eigenvalue weighted by atomic mass is 9.89. The van der Waals surface area contributed by atoms with E-state index in [2.05, 4.69) is 0 Å². The van der Waals surface area contributed by atoms with E-state index in [0.717, 1.165) is 0 Å². The van der Waals surface area contributed by atoms with E-state index in [1.807, 2.05) is 0 Å². The second-order valence-corrected chi connectivity index (χ2v) is 5.78. The highest BCUT2D eigenvalue weighted by molar-refractivity contribution is 7.95. The third-order valence-corrected chi connectivity index (χ3v) is 3.63. The lowest BCUT2D eigenvalue weighted by molar-refractivity contribution is -0.465. The van der Waals surface area contributed by atoms with Crippen LogP contribution in [-0.4, -0.2) is 52.9 Å². The molecule has 0 unspecified atom stereocenters. The average molecular weight is 520 g/mol. The molecule has 0 heterocycles. The van der Waals surface area contributed by atoms with Gasteiger partial charge in [0.1, 0.15) is 12.1 Å². The summed E-state index contributed by atoms with van der Waals surface area (Å²) in [7, 11) is 0. The molecule has 0 aliphatic heterocycles. The van der Waals surface area contributed by atoms with Gasteiger partial charge in [0.15, 0.2) is 0 Å². The Morgan fingerprint density at radius 1 is 0.300 bits per heavy atom. The second kappa shape index (κ2) is 6.97. The monoisotopic (exact) mass is 520 g/mol. The van der Waals surface area contributed by atoms with Gasteiger partial charge in [-0.2, -0.15) is 87.3 Å². The maximum atomic E-state index is 13.1. The fraction of sp³-hybridized carbons (Fsp3) is 1.00. The first-order valence-electron chi connectivity index (χ1n) is 5.95. The van der Waals surface area contributed by atoms with Crippen LogP contribution < -0.4 is 0 Å². The summed E-state index contributed by atoms with van der Waals surface area (Å²) in [6.45, 7) is 0. The maximum Gasteiger partial charge on any atom is 0.460 e. The van der Waals surface area contributed by atoms with Crippen molar-refractivity contribution in [2.45, 2.75) is 52.9 Å². The van der Waals surface area contributed by atoms with Gasteiger partial charge >= 0.3 is 52.9 Å². The highest BCUT2D eigenvalue weighted by atomic mass is 32.2. The smallest absolute Gasteiger partial charge is 0.192 e. The molecule has 0 spiro atoms. The van der Waals surface area contributed by atoms with Gasteiger partial charge in [-0.3, -0.25) is 0 Å². The second-order valence-electron chi connectivity index (χ2n) is 5.11. The summed E-state index contributed by atoms with van der Waals surface area (Å²) in [5.74, 6) is -60.6. The van der Waals surface area contributed by atoms with E-state index in [1.165, 1.54) is 0 Å². The first kappa shape index (κ1) is 28.9. The van der Waals surface area contributed by atoms with E-state index in [-0.39, 0.29) is 0 Å². The van der Waals surface area contributed by atoms with Crippen LogP contribution in [0.1, 0.15) is 0 Å². The zero-order chi connectivity index (χ0) is 25.2. The third-order valence-electron chi connectivity index (χ3n) is 3.18. The molecule has 21 heteroatoms. The Labute approximate surface area is 153 Å². The molecule has 0 aromatic carbocycles. The van der Waals surface area contributed by atoms with Crippen molar-refractivity contribution in [3.63, 3.8) is 0 Å². The first-order valence-corrected chi connectivity index (χ1v) is 6.67. The summed E-state index contributed by atoms with van der Waals surface area (Å²) in [5, 5.41) is -7.14. The van der Waals surface area contributed by atoms with Crippen molar-refractivity contribution in [1.82, 2.24) is 0 Å². The quantitative estimate of drug-likeness (QED) is 0.305. The lowest BCUT2D eigenvalue weighted by Gasteiger charge is -2.43. The van der Waals surface area contributed by atoms with Crippen LogP contribution in [0.15, 0.2) is 0 Å². The SMILES string of the molecule is FSC(F)(F)C(F)(F)C(F)(F)C(F)(F)C(F)(F)C(F)(F)C(F)(F)C(F)(F)C(F)(F)F. The highest BCUT2D eigenvalue weighted by Gasteiger charge is 2.96. The van der Waals surface area contributed by atoms with Gasteiger partial charge in [-0.05, 0) is 0 Å². The summed E-state index contributed by atoms with van der Waals surface area (Å²) >= 11 is -3.24. The van der Waals surface area contributed by atoms with Crippen molar-refractivity contribution in [3.8, 4) is 0 Å². The number of hydrogen-bond donors (Lipinski definition) is 0. The van der Waals surface area contributed by atoms with Gasteiger partial charge in [0.05, 0.1) is 0 Å². The largest absolute Gasteiger partial charge is 0.460 e. The molecule has 0 N–H and O–H groups in total. The minimum absolute atomic E-state index is 3.24. The van der Waals surface area contributed by atoms with E-state index in [0.29, 0.717) is 0 Å². The minimum atomic E-state index is -8.98. The van der Waals surface area contributed by atoms with E-state index >= 15 is 0 Å². The molecule has 0 amide bonds. The van der Waals surface area contributed by atoms with Crippen LogP contribution in [-0.2, 0) is 0 Å². The van der Waals surface area contributed by atoms with Gasteiger partial charge in [0.25, 0.3) is 0 Å². The van der Waals surface area contributed by atoms with Crippen molar-refractivity contribution < 1.29 is 87.3 Å². The molecule has 0 atom stereocenters. The summed E-state index contributed by atoms with van der Waals surface area (Å²) in [5.41, 5.74) is 0. The van der Waals surface area contributed by atoms with Crippen molar-refractivity contribution in [2.24, 2.45) is 0 Å². The van der Waals surface area contributed by atoms with Gasteiger partial charge in [-0.1, -0.05) is 0 Å². The predicted octanol–water partition coefficient (Wildman–Crippen LogP) is 7.21. The molecule has 0 fully saturated rings. The predicted molar refractivity (Wildman–Crippen MR) is 54.3 cm³/mol. The molecule has 30 heavy (non-hydrogen) atoms. The van der Waals surface area contributed by atoms with Crippen LogP contribution in [0, 0.1) is 0 Å². The zero-order valence-electron chi connectivity index (χ0n) is 12.5. The van der Waals surface area contributed by atoms with Gasteiger partial charge in [-0.15, -0.1) is 0 Å². The van der Waals surface area contributed by atoms with Crippen LogP contribution in [0.5, 0.6) is 0 Å². The summed E-state index contributed by atoms with van der Waals surface area (Å²) in [6, 6.07) is 0. The average Bonchev–Trinajstić information content (AvgIpc) is 2.52. The number of rotatable bonds is 8. The van der Waals surface area contributed by atoms with E-state index in [9.17, 15) is 87.3 Å². The third kappa shape index (κ3) is 3.32. The molecule has 0 radical (unpaired) electrons. The Hall–Kier alpha value is -1.05. The first-order chi connectivity index (χ1) is 12.6. The molecule has 0 saturated carbocycles. The molecule has 0 nitrogen and oxygen atoms in total. The molecule has 0 rings (SSSR count). The van der Waals surface area contributed by atoms with Crippen molar-refractivity contribution in [3.05, 3.63) is 0 Å². The van der Waals surface area contributed by atoms with E-state index < -0.39 is 65.0 Å². The molecule has 0 aliphatic carbocycles. The molecule has 0 aromatic rings. The highest BCUT2D eigenvalue weighted by Crippen LogP contribution is 2.65. The Morgan fingerprint density at radius 3 is 0.700 bits per heavy atom. The zero-order valence-corrected chi connectivity index (χ0v) is 13.3. The number of hydrogen-bond acceptors (Lipinski definition) is 1. The van der Waals surface area contributed by atoms with E-state index in [1.54, 1.807) is 0 Å². The van der Waals surface area contributed by atoms with Crippen LogP contribution in [0.25, 0.3) is 0 Å². The fourth-order valence-corrected chi connectivity index (χ4v) is 1.62. The Kier molecular flexibility index (Phi) is 6.73. The van der Waals surface area contributed by atoms with Crippen LogP contribution in [0.2, 0.25) is 0 Å². The van der Waals surface area contributed by atoms with Gasteiger partial charge in [0, 0.05) is 0 Å². The van der Waals surface area contributed by atoms with Gasteiger partial charge in [0.2, 0.25) is 0 Å². The summed E-state index contributed by atoms with van der Waals surface area (Å²) in [4.78, 5) is 0. The van der Waals surface area contributed by atoms with Crippen LogP contribution in [0.4, 0.5) is 87.3 Å². The molecular formula is C9F20S. The Bertz CT molecular complexity index is 627. The fourth-order valence-electron chi connectivity index (χ4n) is 1.40. The Balaban J connectivity index is 6.85. The maximum absolute atomic E-state index is 13.1. The molecule has 0 saturated heterocycles. The number of alkyl halides is 19. The minimum Gasteiger partial charge on any atom is -0.192 e. The summed E-state index contributed by atoms with van der Waals surface area (Å²) < 4.78 is 252. The number of halogens is 20. The Morgan fingerprint density at radius 2 is 0.500 bits per heavy atom. The van der Waals surface area contributed by atoms with Crippen molar-refractivity contribution in [1.29, 1.82) is 0 Å². The molecule has 182 valence electrons. The standard InChI is InChI=1S/C9F20S/c10-1(11,2(12,13)4(16,17)6(20,21)8(24,25)26)3(14,15)5(18,19)7(22,23)9(27,28)30-29. The molecule has 0 aromatic heterocycles. The van der Waals surface area contributed by atoms with Crippen LogP contribution >= 0.6 is 12.1 Å². The van der Waals surface area contributed by atoms with Crippen molar-refractivity contribution >= 4 is 12.1 Å². The van der Waals surface area contributed by atoms with Crippen molar-refractivity contribution in [2.75, 3.05) is 0 Å².